The van der Waals surface area contributed by atoms with E-state index in [9.17, 15) is 9.59 Å². The van der Waals surface area contributed by atoms with Crippen LogP contribution in [0.3, 0.4) is 0 Å². The van der Waals surface area contributed by atoms with Gasteiger partial charge in [-0.1, -0.05) is 18.2 Å². The molecular weight excluding hydrogens is 360 g/mol. The van der Waals surface area contributed by atoms with Crippen molar-refractivity contribution in [3.63, 3.8) is 0 Å². The third-order valence-electron chi connectivity index (χ3n) is 5.15. The van der Waals surface area contributed by atoms with Crippen molar-refractivity contribution in [2.24, 2.45) is 11.1 Å². The highest BCUT2D eigenvalue weighted by molar-refractivity contribution is 7.22. The molecule has 1 aliphatic carbocycles. The zero-order valence-electron chi connectivity index (χ0n) is 14.3. The van der Waals surface area contributed by atoms with Crippen LogP contribution in [0.15, 0.2) is 48.7 Å². The normalized spacial score (nSPS) is 15.1. The van der Waals surface area contributed by atoms with Gasteiger partial charge in [0.05, 0.1) is 11.7 Å². The summed E-state index contributed by atoms with van der Waals surface area (Å²) < 4.78 is 1.19. The summed E-state index contributed by atoms with van der Waals surface area (Å²) in [7, 11) is 0. The third-order valence-corrected chi connectivity index (χ3v) is 6.30. The van der Waals surface area contributed by atoms with Crippen molar-refractivity contribution in [3.05, 3.63) is 48.7 Å². The van der Waals surface area contributed by atoms with E-state index in [1.807, 2.05) is 24.3 Å². The van der Waals surface area contributed by atoms with Crippen molar-refractivity contribution in [3.8, 4) is 10.4 Å². The number of nitrogens with zero attached hydrogens (tertiary/aromatic N) is 1. The number of nitrogens with two attached hydrogens (primary N) is 1. The van der Waals surface area contributed by atoms with Crippen LogP contribution in [0.1, 0.15) is 12.8 Å². The lowest BCUT2D eigenvalue weighted by Crippen LogP contribution is -2.36. The predicted octanol–water partition coefficient (Wildman–Crippen LogP) is 3.65. The quantitative estimate of drug-likeness (QED) is 0.474. The van der Waals surface area contributed by atoms with Gasteiger partial charge >= 0.3 is 0 Å². The predicted molar refractivity (Wildman–Crippen MR) is 106 cm³/mol. The van der Waals surface area contributed by atoms with Crippen LogP contribution in [-0.2, 0) is 9.59 Å². The molecule has 2 aromatic heterocycles. The number of aromatic nitrogens is 2. The molecule has 7 heteroatoms. The van der Waals surface area contributed by atoms with E-state index in [0.29, 0.717) is 18.5 Å². The number of nitrogens with one attached hydrogen (secondary N) is 2. The maximum absolute atomic E-state index is 12.6. The standard InChI is InChI=1S/C20H16N4O2S/c21-18(25)20(5-6-20)19(26)23-13-7-12-10-22-24-17(12)14(9-13)16-8-11-3-1-2-4-15(11)27-16/h1-4,7-10H,5-6H2,(H2,21,25)(H,22,24)(H,23,26). The monoisotopic (exact) mass is 376 g/mol. The first-order valence-corrected chi connectivity index (χ1v) is 9.46. The van der Waals surface area contributed by atoms with Gasteiger partial charge in [0.25, 0.3) is 0 Å². The molecule has 2 aromatic carbocycles. The molecule has 1 aliphatic rings. The SMILES string of the molecule is NC(=O)C1(C(=O)Nc2cc(-c3cc4ccccc4s3)c3[nH]ncc3c2)CC1. The molecule has 0 radical (unpaired) electrons. The molecule has 0 aliphatic heterocycles. The molecule has 27 heavy (non-hydrogen) atoms. The Kier molecular flexibility index (Phi) is 3.35. The van der Waals surface area contributed by atoms with Gasteiger partial charge in [-0.3, -0.25) is 14.7 Å². The van der Waals surface area contributed by atoms with Crippen molar-refractivity contribution in [2.75, 3.05) is 5.32 Å². The maximum atomic E-state index is 12.6. The highest BCUT2D eigenvalue weighted by atomic mass is 32.1. The Morgan fingerprint density at radius 1 is 1.15 bits per heavy atom. The van der Waals surface area contributed by atoms with Crippen LogP contribution >= 0.6 is 11.3 Å². The third kappa shape index (κ3) is 2.50. The topological polar surface area (TPSA) is 101 Å². The van der Waals surface area contributed by atoms with Gasteiger partial charge in [0.15, 0.2) is 0 Å². The Morgan fingerprint density at radius 2 is 1.96 bits per heavy atom. The molecule has 1 fully saturated rings. The molecule has 134 valence electrons. The van der Waals surface area contributed by atoms with Crippen LogP contribution in [0.5, 0.6) is 0 Å². The van der Waals surface area contributed by atoms with Gasteiger partial charge in [0.1, 0.15) is 5.41 Å². The number of benzene rings is 2. The van der Waals surface area contributed by atoms with Crippen molar-refractivity contribution in [1.29, 1.82) is 0 Å². The highest BCUT2D eigenvalue weighted by Crippen LogP contribution is 2.46. The summed E-state index contributed by atoms with van der Waals surface area (Å²) in [4.78, 5) is 25.3. The second-order valence-corrected chi connectivity index (χ2v) is 7.99. The second-order valence-electron chi connectivity index (χ2n) is 6.91. The molecular formula is C20H16N4O2S. The summed E-state index contributed by atoms with van der Waals surface area (Å²) in [6, 6.07) is 14.1. The van der Waals surface area contributed by atoms with Gasteiger partial charge in [-0.25, -0.2) is 0 Å². The van der Waals surface area contributed by atoms with E-state index in [1.165, 1.54) is 10.1 Å². The molecule has 4 N–H and O–H groups in total. The molecule has 0 atom stereocenters. The summed E-state index contributed by atoms with van der Waals surface area (Å²) in [5.41, 5.74) is 6.87. The van der Waals surface area contributed by atoms with E-state index >= 15 is 0 Å². The molecule has 1 saturated carbocycles. The first kappa shape index (κ1) is 16.0. The molecule has 0 unspecified atom stereocenters. The Morgan fingerprint density at radius 3 is 2.70 bits per heavy atom. The van der Waals surface area contributed by atoms with E-state index in [1.54, 1.807) is 17.5 Å². The van der Waals surface area contributed by atoms with Crippen LogP contribution in [0.25, 0.3) is 31.4 Å². The highest BCUT2D eigenvalue weighted by Gasteiger charge is 2.55. The van der Waals surface area contributed by atoms with Gasteiger partial charge < -0.3 is 11.1 Å². The van der Waals surface area contributed by atoms with Gasteiger partial charge in [0, 0.05) is 26.2 Å². The number of thiophene rings is 1. The van der Waals surface area contributed by atoms with E-state index in [-0.39, 0.29) is 5.91 Å². The minimum atomic E-state index is -1.05. The van der Waals surface area contributed by atoms with E-state index < -0.39 is 11.3 Å². The number of H-pyrrole nitrogens is 1. The van der Waals surface area contributed by atoms with Crippen LogP contribution in [0, 0.1) is 5.41 Å². The Bertz CT molecular complexity index is 1190. The Labute approximate surface area is 158 Å². The zero-order chi connectivity index (χ0) is 18.6. The summed E-state index contributed by atoms with van der Waals surface area (Å²) in [5, 5.41) is 12.1. The number of hydrogen-bond acceptors (Lipinski definition) is 4. The molecule has 0 bridgehead atoms. The van der Waals surface area contributed by atoms with Gasteiger partial charge in [-0.2, -0.15) is 5.10 Å². The fraction of sp³-hybridized carbons (Fsp3) is 0.150. The number of primary amides is 1. The lowest BCUT2D eigenvalue weighted by Gasteiger charge is -2.13. The van der Waals surface area contributed by atoms with E-state index in [0.717, 1.165) is 21.3 Å². The molecule has 5 rings (SSSR count). The zero-order valence-corrected chi connectivity index (χ0v) is 15.1. The molecule has 0 spiro atoms. The lowest BCUT2D eigenvalue weighted by atomic mass is 10.0. The van der Waals surface area contributed by atoms with Crippen molar-refractivity contribution in [2.45, 2.75) is 12.8 Å². The first-order chi connectivity index (χ1) is 13.1. The number of aromatic amines is 1. The molecule has 2 amide bonds. The molecule has 2 heterocycles. The number of carbonyl (C=O) groups is 2. The number of rotatable bonds is 4. The van der Waals surface area contributed by atoms with Crippen molar-refractivity contribution >= 4 is 49.8 Å². The average Bonchev–Trinajstić information content (AvgIpc) is 3.16. The number of carbonyl (C=O) groups excluding carboxylic acids is 2. The van der Waals surface area contributed by atoms with Gasteiger partial charge in [0.2, 0.25) is 11.8 Å². The van der Waals surface area contributed by atoms with Crippen LogP contribution < -0.4 is 11.1 Å². The molecule has 4 aromatic rings. The largest absolute Gasteiger partial charge is 0.369 e. The summed E-state index contributed by atoms with van der Waals surface area (Å²) in [5.74, 6) is -0.894. The fourth-order valence-electron chi connectivity index (χ4n) is 3.40. The van der Waals surface area contributed by atoms with Gasteiger partial charge in [-0.05, 0) is 42.5 Å². The maximum Gasteiger partial charge on any atom is 0.240 e. The minimum absolute atomic E-state index is 0.333. The minimum Gasteiger partial charge on any atom is -0.369 e. The Hall–Kier alpha value is -3.19. The van der Waals surface area contributed by atoms with E-state index in [2.05, 4.69) is 33.7 Å². The van der Waals surface area contributed by atoms with Crippen LogP contribution in [0.4, 0.5) is 5.69 Å². The smallest absolute Gasteiger partial charge is 0.240 e. The average molecular weight is 376 g/mol. The van der Waals surface area contributed by atoms with Crippen molar-refractivity contribution in [1.82, 2.24) is 10.2 Å². The molecule has 6 nitrogen and oxygen atoms in total. The van der Waals surface area contributed by atoms with Crippen LogP contribution in [0.2, 0.25) is 0 Å². The summed E-state index contributed by atoms with van der Waals surface area (Å²) >= 11 is 1.68. The van der Waals surface area contributed by atoms with Crippen LogP contribution in [-0.4, -0.2) is 22.0 Å². The number of anilines is 1. The van der Waals surface area contributed by atoms with E-state index in [4.69, 9.17) is 5.73 Å². The number of hydrogen-bond donors (Lipinski definition) is 3. The molecule has 0 saturated heterocycles. The fourth-order valence-corrected chi connectivity index (χ4v) is 4.48. The van der Waals surface area contributed by atoms with Crippen molar-refractivity contribution < 1.29 is 9.59 Å². The second kappa shape index (κ2) is 5.65. The first-order valence-electron chi connectivity index (χ1n) is 8.64. The van der Waals surface area contributed by atoms with Gasteiger partial charge in [-0.15, -0.1) is 11.3 Å². The Balaban J connectivity index is 1.59. The number of fused-ring (bicyclic) bond motifs is 2. The summed E-state index contributed by atoms with van der Waals surface area (Å²) in [6.45, 7) is 0. The lowest BCUT2D eigenvalue weighted by molar-refractivity contribution is -0.132. The number of amides is 2. The summed E-state index contributed by atoms with van der Waals surface area (Å²) in [6.07, 6.45) is 2.74.